The molecule has 186 valence electrons. The third-order valence-electron chi connectivity index (χ3n) is 1.66. The van der Waals surface area contributed by atoms with E-state index in [9.17, 15) is 86.4 Å². The number of hydrogen-bond donors (Lipinski definition) is 2. The zero-order chi connectivity index (χ0) is 25.4. The first-order valence-electron chi connectivity index (χ1n) is 5.23. The van der Waals surface area contributed by atoms with Gasteiger partial charge in [0.2, 0.25) is 0 Å². The van der Waals surface area contributed by atoms with Crippen LogP contribution in [0.1, 0.15) is 0 Å². The van der Waals surface area contributed by atoms with Gasteiger partial charge in [0.15, 0.2) is 0 Å². The number of sulfonamides is 4. The standard InChI is InChI=1S/2C2HF6NO4S2.Zn/c2*3-1(4,5)14(10,11)9-15(12,13)2(6,7)8;/h2*9H;. The minimum atomic E-state index is -6.60. The Labute approximate surface area is 176 Å². The first-order chi connectivity index (χ1) is 12.4. The Morgan fingerprint density at radius 1 is 0.355 bits per heavy atom. The second kappa shape index (κ2) is 9.78. The van der Waals surface area contributed by atoms with Gasteiger partial charge in [-0.1, -0.05) is 8.25 Å². The van der Waals surface area contributed by atoms with Crippen molar-refractivity contribution < 1.29 is 106 Å². The Hall–Kier alpha value is -0.497. The Bertz CT molecular complexity index is 862. The van der Waals surface area contributed by atoms with Crippen LogP contribution < -0.4 is 8.25 Å². The van der Waals surface area contributed by atoms with Crippen molar-refractivity contribution in [2.24, 2.45) is 0 Å². The van der Waals surface area contributed by atoms with Crippen LogP contribution in [-0.2, 0) is 59.6 Å². The molecule has 10 nitrogen and oxygen atoms in total. The zero-order valence-electron chi connectivity index (χ0n) is 13.1. The molecule has 0 rings (SSSR count). The average molecular weight is 628 g/mol. The average Bonchev–Trinajstić information content (AvgIpc) is 2.30. The molecule has 0 bridgehead atoms. The van der Waals surface area contributed by atoms with Crippen molar-refractivity contribution in [2.45, 2.75) is 22.0 Å². The first-order valence-corrected chi connectivity index (χ1v) is 11.2. The molecule has 0 atom stereocenters. The summed E-state index contributed by atoms with van der Waals surface area (Å²) < 4.78 is 217. The number of rotatable bonds is 4. The summed E-state index contributed by atoms with van der Waals surface area (Å²) in [5, 5.41) is 0. The summed E-state index contributed by atoms with van der Waals surface area (Å²) in [4.78, 5) is 0. The Balaban J connectivity index is -0.000000490. The monoisotopic (exact) mass is 626 g/mol. The van der Waals surface area contributed by atoms with Crippen molar-refractivity contribution in [3.05, 3.63) is 0 Å². The summed E-state index contributed by atoms with van der Waals surface area (Å²) in [5.74, 6) is 0. The Morgan fingerprint density at radius 2 is 0.452 bits per heavy atom. The molecule has 0 aliphatic rings. The van der Waals surface area contributed by atoms with Gasteiger partial charge in [0, 0.05) is 19.5 Å². The number of halogens is 12. The van der Waals surface area contributed by atoms with Crippen molar-refractivity contribution in [2.75, 3.05) is 0 Å². The topological polar surface area (TPSA) is 161 Å². The van der Waals surface area contributed by atoms with Crippen LogP contribution in [0.3, 0.4) is 0 Å². The molecule has 0 aromatic carbocycles. The smallest absolute Gasteiger partial charge is 0.202 e. The molecule has 0 aliphatic heterocycles. The summed E-state index contributed by atoms with van der Waals surface area (Å²) in [6.45, 7) is 0. The number of alkyl halides is 12. The maximum atomic E-state index is 11.5. The van der Waals surface area contributed by atoms with Gasteiger partial charge in [0.1, 0.15) is 0 Å². The summed E-state index contributed by atoms with van der Waals surface area (Å²) in [5.41, 5.74) is -24.6. The van der Waals surface area contributed by atoms with Gasteiger partial charge in [-0.15, -0.1) is 0 Å². The molecule has 0 amide bonds. The zero-order valence-corrected chi connectivity index (χ0v) is 19.4. The predicted molar refractivity (Wildman–Crippen MR) is 66.2 cm³/mol. The van der Waals surface area contributed by atoms with Crippen LogP contribution >= 0.6 is 0 Å². The normalized spacial score (nSPS) is 14.8. The van der Waals surface area contributed by atoms with Crippen LogP contribution in [0.25, 0.3) is 0 Å². The molecule has 27 heteroatoms. The maximum Gasteiger partial charge on any atom is 0.512 e. The number of nitrogens with one attached hydrogen (secondary N) is 2. The van der Waals surface area contributed by atoms with Gasteiger partial charge in [-0.2, -0.15) is 52.7 Å². The molecule has 31 heavy (non-hydrogen) atoms. The van der Waals surface area contributed by atoms with Crippen molar-refractivity contribution in [3.8, 4) is 0 Å². The van der Waals surface area contributed by atoms with Crippen molar-refractivity contribution in [3.63, 3.8) is 0 Å². The number of hydrogen-bond acceptors (Lipinski definition) is 8. The minimum Gasteiger partial charge on any atom is -0.202 e. The van der Waals surface area contributed by atoms with Gasteiger partial charge in [0.05, 0.1) is 0 Å². The van der Waals surface area contributed by atoms with Gasteiger partial charge in [-0.3, -0.25) is 0 Å². The van der Waals surface area contributed by atoms with Gasteiger partial charge < -0.3 is 0 Å². The van der Waals surface area contributed by atoms with Crippen molar-refractivity contribution >= 4 is 40.1 Å². The molecule has 0 unspecified atom stereocenters. The molecule has 2 N–H and O–H groups in total. The minimum absolute atomic E-state index is 0. The predicted octanol–water partition coefficient (Wildman–Crippen LogP) is 0.548. The first kappa shape index (κ1) is 35.1. The SMILES string of the molecule is O=S(=O)(NS(=O)(=O)C(F)(F)F)C(F)(F)F.O=S(=O)(NS(=O)(=O)C(F)(F)F)C(F)(F)F.[Zn]. The summed E-state index contributed by atoms with van der Waals surface area (Å²) in [6, 6.07) is 0. The Kier molecular flexibility index (Phi) is 11.1. The van der Waals surface area contributed by atoms with Gasteiger partial charge in [-0.25, -0.2) is 33.7 Å². The van der Waals surface area contributed by atoms with E-state index in [4.69, 9.17) is 0 Å². The van der Waals surface area contributed by atoms with E-state index in [1.54, 1.807) is 0 Å². The fourth-order valence-corrected chi connectivity index (χ4v) is 4.30. The van der Waals surface area contributed by atoms with Crippen LogP contribution in [0.5, 0.6) is 0 Å². The quantitative estimate of drug-likeness (QED) is 0.338. The van der Waals surface area contributed by atoms with Crippen molar-refractivity contribution in [1.82, 2.24) is 8.25 Å². The molecule has 0 aromatic heterocycles. The maximum absolute atomic E-state index is 11.5. The van der Waals surface area contributed by atoms with E-state index < -0.39 is 70.4 Å². The van der Waals surface area contributed by atoms with Crippen LogP contribution in [0.15, 0.2) is 0 Å². The molecular formula is C4H2F12N2O8S4Zn. The fraction of sp³-hybridized carbons (Fsp3) is 1.00. The van der Waals surface area contributed by atoms with E-state index >= 15 is 0 Å². The van der Waals surface area contributed by atoms with E-state index in [1.165, 1.54) is 0 Å². The summed E-state index contributed by atoms with van der Waals surface area (Å²) in [7, 11) is -26.4. The summed E-state index contributed by atoms with van der Waals surface area (Å²) in [6.07, 6.45) is 0. The van der Waals surface area contributed by atoms with E-state index in [0.717, 1.165) is 0 Å². The molecular weight excluding hydrogens is 626 g/mol. The van der Waals surface area contributed by atoms with E-state index in [0.29, 0.717) is 0 Å². The molecule has 0 saturated carbocycles. The fourth-order valence-electron chi connectivity index (χ4n) is 0.478. The van der Waals surface area contributed by atoms with Crippen molar-refractivity contribution in [1.29, 1.82) is 0 Å². The second-order valence-corrected chi connectivity index (χ2v) is 11.2. The van der Waals surface area contributed by atoms with Gasteiger partial charge in [-0.05, 0) is 0 Å². The molecule has 0 aromatic rings. The van der Waals surface area contributed by atoms with Gasteiger partial charge in [0.25, 0.3) is 0 Å². The molecule has 0 spiro atoms. The summed E-state index contributed by atoms with van der Waals surface area (Å²) >= 11 is 0. The molecule has 0 saturated heterocycles. The largest absolute Gasteiger partial charge is 0.512 e. The Morgan fingerprint density at radius 3 is 0.516 bits per heavy atom. The molecule has 0 heterocycles. The van der Waals surface area contributed by atoms with Crippen LogP contribution in [0.2, 0.25) is 0 Å². The van der Waals surface area contributed by atoms with Crippen LogP contribution in [-0.4, -0.2) is 55.7 Å². The molecule has 0 radical (unpaired) electrons. The second-order valence-electron chi connectivity index (χ2n) is 3.96. The van der Waals surface area contributed by atoms with Gasteiger partial charge >= 0.3 is 62.1 Å². The van der Waals surface area contributed by atoms with E-state index in [1.807, 2.05) is 0 Å². The van der Waals surface area contributed by atoms with Crippen LogP contribution in [0, 0.1) is 0 Å². The molecule has 0 fully saturated rings. The van der Waals surface area contributed by atoms with Crippen LogP contribution in [0.4, 0.5) is 52.7 Å². The van der Waals surface area contributed by atoms with E-state index in [2.05, 4.69) is 0 Å². The third kappa shape index (κ3) is 9.89. The molecule has 0 aliphatic carbocycles. The third-order valence-corrected chi connectivity index (χ3v) is 7.61. The van der Waals surface area contributed by atoms with E-state index in [-0.39, 0.29) is 19.5 Å².